The fraction of sp³-hybridized carbons (Fsp3) is 0.318. The second kappa shape index (κ2) is 11.5. The number of hydrogen-bond acceptors (Lipinski definition) is 4. The van der Waals surface area contributed by atoms with Gasteiger partial charge in [0, 0.05) is 17.2 Å². The molecule has 0 saturated carbocycles. The summed E-state index contributed by atoms with van der Waals surface area (Å²) in [5, 5.41) is 13.1. The molecule has 31 heavy (non-hydrogen) atoms. The number of nitrogens with one attached hydrogen (secondary N) is 1. The van der Waals surface area contributed by atoms with Crippen LogP contribution in [0.5, 0.6) is 0 Å². The van der Waals surface area contributed by atoms with Crippen molar-refractivity contribution in [1.82, 2.24) is 20.1 Å². The number of thioether (sulfide) groups is 1. The summed E-state index contributed by atoms with van der Waals surface area (Å²) in [6, 6.07) is 11.5. The zero-order chi connectivity index (χ0) is 22.2. The summed E-state index contributed by atoms with van der Waals surface area (Å²) in [6.45, 7) is 2.32. The summed E-state index contributed by atoms with van der Waals surface area (Å²) in [7, 11) is 0. The fourth-order valence-electron chi connectivity index (χ4n) is 2.94. The minimum atomic E-state index is -0.278. The molecule has 0 aliphatic carbocycles. The van der Waals surface area contributed by atoms with E-state index in [0.717, 1.165) is 24.8 Å². The number of benzene rings is 2. The number of rotatable bonds is 10. The number of aromatic nitrogens is 3. The lowest BCUT2D eigenvalue weighted by atomic mass is 10.2. The summed E-state index contributed by atoms with van der Waals surface area (Å²) in [5.74, 6) is 0.815. The summed E-state index contributed by atoms with van der Waals surface area (Å²) >= 11 is 14.1. The molecule has 0 radical (unpaired) electrons. The Kier molecular flexibility index (Phi) is 8.75. The molecule has 3 aromatic rings. The number of carbonyl (C=O) groups excluding carboxylic acids is 1. The molecule has 2 aromatic carbocycles. The van der Waals surface area contributed by atoms with Gasteiger partial charge in [-0.15, -0.1) is 10.2 Å². The number of hydrogen-bond donors (Lipinski definition) is 1. The fourth-order valence-corrected chi connectivity index (χ4v) is 4.23. The molecule has 0 atom stereocenters. The van der Waals surface area contributed by atoms with Gasteiger partial charge in [-0.2, -0.15) is 0 Å². The monoisotopic (exact) mass is 480 g/mol. The zero-order valence-electron chi connectivity index (χ0n) is 17.1. The minimum absolute atomic E-state index is 0.0271. The van der Waals surface area contributed by atoms with Crippen LogP contribution in [0.3, 0.4) is 0 Å². The lowest BCUT2D eigenvalue weighted by molar-refractivity contribution is -0.121. The quantitative estimate of drug-likeness (QED) is 0.277. The van der Waals surface area contributed by atoms with Gasteiger partial charge in [-0.25, -0.2) is 4.39 Å². The van der Waals surface area contributed by atoms with E-state index in [1.54, 1.807) is 34.9 Å². The Balaban J connectivity index is 1.82. The topological polar surface area (TPSA) is 59.8 Å². The minimum Gasteiger partial charge on any atom is -0.349 e. The Labute approximate surface area is 195 Å². The van der Waals surface area contributed by atoms with Crippen LogP contribution in [0.1, 0.15) is 44.0 Å². The van der Waals surface area contributed by atoms with E-state index in [2.05, 4.69) is 22.4 Å². The molecule has 0 bridgehead atoms. The molecule has 9 heteroatoms. The third-order valence-corrected chi connectivity index (χ3v) is 6.14. The first-order chi connectivity index (χ1) is 15.0. The standard InChI is InChI=1S/C22H23Cl2FN4OS/c1-2-3-4-5-21(30)26-13-20-27-28-22(31-14-15-6-9-17(25)10-7-15)29(20)19-12-16(23)8-11-18(19)24/h6-12H,2-5,13-14H2,1H3,(H,26,30). The highest BCUT2D eigenvalue weighted by Gasteiger charge is 2.18. The largest absolute Gasteiger partial charge is 0.349 e. The number of halogens is 3. The maximum atomic E-state index is 13.2. The van der Waals surface area contributed by atoms with Crippen LogP contribution in [-0.2, 0) is 17.1 Å². The van der Waals surface area contributed by atoms with Crippen LogP contribution in [0.15, 0.2) is 47.6 Å². The Hall–Kier alpha value is -2.09. The van der Waals surface area contributed by atoms with Gasteiger partial charge >= 0.3 is 0 Å². The molecule has 1 N–H and O–H groups in total. The van der Waals surface area contributed by atoms with Gasteiger partial charge in [0.15, 0.2) is 11.0 Å². The Morgan fingerprint density at radius 1 is 1.13 bits per heavy atom. The van der Waals surface area contributed by atoms with Crippen molar-refractivity contribution in [2.45, 2.75) is 50.1 Å². The molecule has 1 amide bonds. The van der Waals surface area contributed by atoms with E-state index < -0.39 is 0 Å². The van der Waals surface area contributed by atoms with Gasteiger partial charge in [0.1, 0.15) is 5.82 Å². The molecule has 1 heterocycles. The van der Waals surface area contributed by atoms with Crippen molar-refractivity contribution in [2.75, 3.05) is 0 Å². The Morgan fingerprint density at radius 3 is 2.65 bits per heavy atom. The van der Waals surface area contributed by atoms with Crippen molar-refractivity contribution in [3.8, 4) is 5.69 Å². The van der Waals surface area contributed by atoms with E-state index >= 15 is 0 Å². The smallest absolute Gasteiger partial charge is 0.220 e. The van der Waals surface area contributed by atoms with Gasteiger partial charge in [-0.05, 0) is 42.3 Å². The predicted octanol–water partition coefficient (Wildman–Crippen LogP) is 6.20. The van der Waals surface area contributed by atoms with Crippen LogP contribution in [-0.4, -0.2) is 20.7 Å². The van der Waals surface area contributed by atoms with Gasteiger partial charge in [0.05, 0.1) is 17.3 Å². The Morgan fingerprint density at radius 2 is 1.90 bits per heavy atom. The van der Waals surface area contributed by atoms with E-state index in [9.17, 15) is 9.18 Å². The molecule has 0 spiro atoms. The number of carbonyl (C=O) groups is 1. The van der Waals surface area contributed by atoms with Gasteiger partial charge in [-0.1, -0.05) is 66.9 Å². The first kappa shape index (κ1) is 23.6. The maximum absolute atomic E-state index is 13.2. The highest BCUT2D eigenvalue weighted by molar-refractivity contribution is 7.98. The second-order valence-electron chi connectivity index (χ2n) is 6.98. The number of unbranched alkanes of at least 4 members (excludes halogenated alkanes) is 2. The first-order valence-electron chi connectivity index (χ1n) is 10.0. The molecule has 3 rings (SSSR count). The van der Waals surface area contributed by atoms with Crippen LogP contribution in [0, 0.1) is 5.82 Å². The third kappa shape index (κ3) is 6.69. The average molecular weight is 481 g/mol. The third-order valence-electron chi connectivity index (χ3n) is 4.58. The lowest BCUT2D eigenvalue weighted by Crippen LogP contribution is -2.24. The molecular weight excluding hydrogens is 458 g/mol. The highest BCUT2D eigenvalue weighted by Crippen LogP contribution is 2.31. The van der Waals surface area contributed by atoms with Gasteiger partial charge in [-0.3, -0.25) is 9.36 Å². The zero-order valence-corrected chi connectivity index (χ0v) is 19.4. The second-order valence-corrected chi connectivity index (χ2v) is 8.77. The van der Waals surface area contributed by atoms with Crippen molar-refractivity contribution in [1.29, 1.82) is 0 Å². The summed E-state index contributed by atoms with van der Waals surface area (Å²) in [4.78, 5) is 12.2. The number of amides is 1. The molecule has 0 fully saturated rings. The number of nitrogens with zero attached hydrogens (tertiary/aromatic N) is 3. The van der Waals surface area contributed by atoms with Crippen molar-refractivity contribution < 1.29 is 9.18 Å². The van der Waals surface area contributed by atoms with E-state index in [0.29, 0.717) is 38.9 Å². The van der Waals surface area contributed by atoms with E-state index in [1.165, 1.54) is 23.9 Å². The molecule has 164 valence electrons. The molecule has 0 unspecified atom stereocenters. The van der Waals surface area contributed by atoms with Crippen LogP contribution < -0.4 is 5.32 Å². The van der Waals surface area contributed by atoms with Gasteiger partial charge < -0.3 is 5.32 Å². The van der Waals surface area contributed by atoms with Crippen molar-refractivity contribution in [3.05, 3.63) is 69.7 Å². The summed E-state index contributed by atoms with van der Waals surface area (Å²) in [6.07, 6.45) is 3.41. The first-order valence-corrected chi connectivity index (χ1v) is 11.8. The van der Waals surface area contributed by atoms with Crippen molar-refractivity contribution >= 4 is 40.9 Å². The highest BCUT2D eigenvalue weighted by atomic mass is 35.5. The van der Waals surface area contributed by atoms with Crippen molar-refractivity contribution in [2.24, 2.45) is 0 Å². The van der Waals surface area contributed by atoms with E-state index in [-0.39, 0.29) is 18.3 Å². The van der Waals surface area contributed by atoms with Crippen molar-refractivity contribution in [3.63, 3.8) is 0 Å². The van der Waals surface area contributed by atoms with E-state index in [1.807, 2.05) is 0 Å². The maximum Gasteiger partial charge on any atom is 0.220 e. The summed E-state index contributed by atoms with van der Waals surface area (Å²) in [5.41, 5.74) is 1.58. The summed E-state index contributed by atoms with van der Waals surface area (Å²) < 4.78 is 15.0. The van der Waals surface area contributed by atoms with Crippen LogP contribution in [0.2, 0.25) is 10.0 Å². The normalized spacial score (nSPS) is 11.0. The molecule has 0 aliphatic rings. The van der Waals surface area contributed by atoms with Gasteiger partial charge in [0.2, 0.25) is 5.91 Å². The van der Waals surface area contributed by atoms with Gasteiger partial charge in [0.25, 0.3) is 0 Å². The average Bonchev–Trinajstić information content (AvgIpc) is 3.16. The molecule has 5 nitrogen and oxygen atoms in total. The molecule has 1 aromatic heterocycles. The Bertz CT molecular complexity index is 1030. The molecule has 0 saturated heterocycles. The molecule has 0 aliphatic heterocycles. The van der Waals surface area contributed by atoms with E-state index in [4.69, 9.17) is 23.2 Å². The van der Waals surface area contributed by atoms with Crippen LogP contribution in [0.25, 0.3) is 5.69 Å². The SMILES string of the molecule is CCCCCC(=O)NCc1nnc(SCc2ccc(F)cc2)n1-c1cc(Cl)ccc1Cl. The van der Waals surface area contributed by atoms with Crippen LogP contribution in [0.4, 0.5) is 4.39 Å². The predicted molar refractivity (Wildman–Crippen MR) is 123 cm³/mol. The van der Waals surface area contributed by atoms with Crippen LogP contribution >= 0.6 is 35.0 Å². The lowest BCUT2D eigenvalue weighted by Gasteiger charge is -2.13. The molecular formula is C22H23Cl2FN4OS.